The number of nitrogens with one attached hydrogen (secondary N) is 1. The topological polar surface area (TPSA) is 38.3 Å². The van der Waals surface area contributed by atoms with Crippen molar-refractivity contribution in [1.82, 2.24) is 5.32 Å². The van der Waals surface area contributed by atoms with E-state index >= 15 is 0 Å². The minimum atomic E-state index is -2.92. The second kappa shape index (κ2) is 7.92. The molecule has 0 bridgehead atoms. The van der Waals surface area contributed by atoms with Crippen LogP contribution in [0.5, 0.6) is 5.75 Å². The standard InChI is InChI=1S/C17H16ClF2NO2/c1-2-14(12-8-4-6-10-15(12)23-17(19)20)21-16(22)11-7-3-5-9-13(11)18/h3-10,14,17H,2H2,1H3,(H,21,22). The van der Waals surface area contributed by atoms with Gasteiger partial charge in [-0.1, -0.05) is 48.9 Å². The van der Waals surface area contributed by atoms with Gasteiger partial charge in [-0.2, -0.15) is 8.78 Å². The molecule has 0 heterocycles. The van der Waals surface area contributed by atoms with Crippen molar-refractivity contribution < 1.29 is 18.3 Å². The molecule has 2 aromatic rings. The predicted molar refractivity (Wildman–Crippen MR) is 85.0 cm³/mol. The summed E-state index contributed by atoms with van der Waals surface area (Å²) < 4.78 is 29.6. The molecule has 0 aliphatic heterocycles. The third kappa shape index (κ3) is 4.42. The van der Waals surface area contributed by atoms with Crippen molar-refractivity contribution in [2.75, 3.05) is 0 Å². The Balaban J connectivity index is 2.24. The van der Waals surface area contributed by atoms with Crippen LogP contribution in [-0.4, -0.2) is 12.5 Å². The van der Waals surface area contributed by atoms with Crippen molar-refractivity contribution in [3.63, 3.8) is 0 Å². The number of para-hydroxylation sites is 1. The lowest BCUT2D eigenvalue weighted by Gasteiger charge is -2.20. The van der Waals surface area contributed by atoms with Gasteiger partial charge >= 0.3 is 6.61 Å². The fraction of sp³-hybridized carbons (Fsp3) is 0.235. The lowest BCUT2D eigenvalue weighted by molar-refractivity contribution is -0.0506. The van der Waals surface area contributed by atoms with Gasteiger partial charge in [-0.15, -0.1) is 0 Å². The summed E-state index contributed by atoms with van der Waals surface area (Å²) >= 11 is 6.01. The first kappa shape index (κ1) is 17.2. The number of amides is 1. The second-order valence-corrected chi connectivity index (χ2v) is 5.24. The molecule has 0 spiro atoms. The number of halogens is 3. The van der Waals surface area contributed by atoms with Gasteiger partial charge in [0.2, 0.25) is 0 Å². The quantitative estimate of drug-likeness (QED) is 0.819. The molecule has 2 aromatic carbocycles. The van der Waals surface area contributed by atoms with E-state index in [1.807, 2.05) is 6.92 Å². The number of hydrogen-bond donors (Lipinski definition) is 1. The first-order valence-corrected chi connectivity index (χ1v) is 7.49. The number of ether oxygens (including phenoxy) is 1. The highest BCUT2D eigenvalue weighted by Gasteiger charge is 2.20. The normalized spacial score (nSPS) is 12.0. The molecule has 0 saturated carbocycles. The molecule has 1 atom stereocenters. The Morgan fingerprint density at radius 1 is 1.17 bits per heavy atom. The number of alkyl halides is 2. The van der Waals surface area contributed by atoms with Crippen LogP contribution in [0.15, 0.2) is 48.5 Å². The fourth-order valence-electron chi connectivity index (χ4n) is 2.25. The minimum Gasteiger partial charge on any atom is -0.434 e. The van der Waals surface area contributed by atoms with Crippen LogP contribution in [-0.2, 0) is 0 Å². The van der Waals surface area contributed by atoms with Crippen LogP contribution in [0.1, 0.15) is 35.3 Å². The van der Waals surface area contributed by atoms with Gasteiger partial charge in [-0.05, 0) is 24.6 Å². The molecule has 1 unspecified atom stereocenters. The number of hydrogen-bond acceptors (Lipinski definition) is 2. The predicted octanol–water partition coefficient (Wildman–Crippen LogP) is 4.82. The Hall–Kier alpha value is -2.14. The van der Waals surface area contributed by atoms with Crippen molar-refractivity contribution in [1.29, 1.82) is 0 Å². The van der Waals surface area contributed by atoms with Crippen LogP contribution < -0.4 is 10.1 Å². The van der Waals surface area contributed by atoms with E-state index in [-0.39, 0.29) is 11.7 Å². The largest absolute Gasteiger partial charge is 0.434 e. The maximum atomic E-state index is 12.5. The summed E-state index contributed by atoms with van der Waals surface area (Å²) in [6.45, 7) is -1.08. The molecule has 3 nitrogen and oxygen atoms in total. The summed E-state index contributed by atoms with van der Waals surface area (Å²) in [6.07, 6.45) is 0.514. The third-order valence-corrected chi connectivity index (χ3v) is 3.67. The molecule has 1 amide bonds. The van der Waals surface area contributed by atoms with Crippen molar-refractivity contribution in [3.8, 4) is 5.75 Å². The molecule has 0 aliphatic rings. The molecule has 0 fully saturated rings. The number of rotatable bonds is 6. The molecular formula is C17H16ClF2NO2. The zero-order valence-electron chi connectivity index (χ0n) is 12.4. The van der Waals surface area contributed by atoms with Crippen LogP contribution in [0, 0.1) is 0 Å². The van der Waals surface area contributed by atoms with Crippen LogP contribution in [0.25, 0.3) is 0 Å². The Morgan fingerprint density at radius 2 is 1.83 bits per heavy atom. The Kier molecular flexibility index (Phi) is 5.93. The maximum absolute atomic E-state index is 12.5. The first-order valence-electron chi connectivity index (χ1n) is 7.12. The molecule has 6 heteroatoms. The summed E-state index contributed by atoms with van der Waals surface area (Å²) in [4.78, 5) is 12.4. The Morgan fingerprint density at radius 3 is 2.48 bits per heavy atom. The minimum absolute atomic E-state index is 0.0498. The fourth-order valence-corrected chi connectivity index (χ4v) is 2.47. The molecule has 122 valence electrons. The van der Waals surface area contributed by atoms with Crippen LogP contribution in [0.2, 0.25) is 5.02 Å². The van der Waals surface area contributed by atoms with Gasteiger partial charge in [0.1, 0.15) is 5.75 Å². The first-order chi connectivity index (χ1) is 11.0. The van der Waals surface area contributed by atoms with E-state index in [0.29, 0.717) is 22.6 Å². The van der Waals surface area contributed by atoms with Crippen molar-refractivity contribution in [3.05, 3.63) is 64.7 Å². The van der Waals surface area contributed by atoms with Crippen LogP contribution >= 0.6 is 11.6 Å². The zero-order valence-corrected chi connectivity index (χ0v) is 13.2. The summed E-state index contributed by atoms with van der Waals surface area (Å²) in [5, 5.41) is 3.14. The zero-order chi connectivity index (χ0) is 16.8. The molecule has 0 aliphatic carbocycles. The highest BCUT2D eigenvalue weighted by Crippen LogP contribution is 2.29. The van der Waals surface area contributed by atoms with E-state index in [2.05, 4.69) is 10.1 Å². The average Bonchev–Trinajstić information content (AvgIpc) is 2.53. The SMILES string of the molecule is CCC(NC(=O)c1ccccc1Cl)c1ccccc1OC(F)F. The van der Waals surface area contributed by atoms with E-state index < -0.39 is 12.7 Å². The van der Waals surface area contributed by atoms with Gasteiger partial charge in [-0.25, -0.2) is 0 Å². The van der Waals surface area contributed by atoms with Crippen molar-refractivity contribution in [2.45, 2.75) is 26.0 Å². The van der Waals surface area contributed by atoms with Crippen LogP contribution in [0.3, 0.4) is 0 Å². The molecular weight excluding hydrogens is 324 g/mol. The van der Waals surface area contributed by atoms with Crippen molar-refractivity contribution in [2.24, 2.45) is 0 Å². The Labute approximate surface area is 138 Å². The van der Waals surface area contributed by atoms with E-state index in [9.17, 15) is 13.6 Å². The van der Waals surface area contributed by atoms with E-state index in [1.165, 1.54) is 6.07 Å². The van der Waals surface area contributed by atoms with Gasteiger partial charge in [-0.3, -0.25) is 4.79 Å². The Bertz CT molecular complexity index is 679. The third-order valence-electron chi connectivity index (χ3n) is 3.34. The molecule has 1 N–H and O–H groups in total. The summed E-state index contributed by atoms with van der Waals surface area (Å²) in [7, 11) is 0. The monoisotopic (exact) mass is 339 g/mol. The molecule has 0 saturated heterocycles. The van der Waals surface area contributed by atoms with E-state index in [1.54, 1.807) is 42.5 Å². The maximum Gasteiger partial charge on any atom is 0.387 e. The highest BCUT2D eigenvalue weighted by atomic mass is 35.5. The summed E-state index contributed by atoms with van der Waals surface area (Å²) in [5.41, 5.74) is 0.829. The van der Waals surface area contributed by atoms with E-state index in [0.717, 1.165) is 0 Å². The number of carbonyl (C=O) groups excluding carboxylic acids is 1. The second-order valence-electron chi connectivity index (χ2n) is 4.83. The highest BCUT2D eigenvalue weighted by molar-refractivity contribution is 6.33. The lowest BCUT2D eigenvalue weighted by Crippen LogP contribution is -2.28. The summed E-state index contributed by atoms with van der Waals surface area (Å²) in [5.74, 6) is -0.317. The summed E-state index contributed by atoms with van der Waals surface area (Å²) in [6, 6.07) is 12.6. The number of benzene rings is 2. The molecule has 23 heavy (non-hydrogen) atoms. The molecule has 0 radical (unpaired) electrons. The average molecular weight is 340 g/mol. The van der Waals surface area contributed by atoms with Crippen molar-refractivity contribution >= 4 is 17.5 Å². The van der Waals surface area contributed by atoms with Gasteiger partial charge in [0.15, 0.2) is 0 Å². The van der Waals surface area contributed by atoms with Gasteiger partial charge in [0.05, 0.1) is 16.6 Å². The molecule has 2 rings (SSSR count). The van der Waals surface area contributed by atoms with E-state index in [4.69, 9.17) is 11.6 Å². The molecule has 0 aromatic heterocycles. The van der Waals surface area contributed by atoms with Gasteiger partial charge < -0.3 is 10.1 Å². The number of carbonyl (C=O) groups is 1. The lowest BCUT2D eigenvalue weighted by atomic mass is 10.0. The van der Waals surface area contributed by atoms with Crippen LogP contribution in [0.4, 0.5) is 8.78 Å². The smallest absolute Gasteiger partial charge is 0.387 e. The van der Waals surface area contributed by atoms with Gasteiger partial charge in [0.25, 0.3) is 5.91 Å². The van der Waals surface area contributed by atoms with Gasteiger partial charge in [0, 0.05) is 5.56 Å².